The Kier molecular flexibility index (Phi) is 8.74. The third-order valence-corrected chi connectivity index (χ3v) is 3.95. The van der Waals surface area contributed by atoms with E-state index in [1.807, 2.05) is 35.5 Å². The Morgan fingerprint density at radius 3 is 2.83 bits per heavy atom. The normalized spacial score (nSPS) is 16.1. The number of carbonyl (C=O) groups is 1. The first-order chi connectivity index (χ1) is 10.8. The second kappa shape index (κ2) is 10.3. The first-order valence-electron chi connectivity index (χ1n) is 7.66. The van der Waals surface area contributed by atoms with E-state index in [1.54, 1.807) is 17.1 Å². The van der Waals surface area contributed by atoms with Gasteiger partial charge in [-0.25, -0.2) is 0 Å². The van der Waals surface area contributed by atoms with Gasteiger partial charge in [-0.1, -0.05) is 6.07 Å². The number of aromatic nitrogens is 3. The number of rotatable bonds is 6. The van der Waals surface area contributed by atoms with Crippen LogP contribution in [-0.4, -0.2) is 45.2 Å². The smallest absolute Gasteiger partial charge is 0.244 e. The second-order valence-electron chi connectivity index (χ2n) is 5.70. The van der Waals surface area contributed by atoms with Crippen LogP contribution in [0.25, 0.3) is 0 Å². The predicted octanol–water partition coefficient (Wildman–Crippen LogP) is 1.76. The molecule has 1 N–H and O–H groups in total. The molecule has 0 radical (unpaired) electrons. The zero-order valence-electron chi connectivity index (χ0n) is 13.4. The van der Waals surface area contributed by atoms with Crippen molar-refractivity contribution in [1.29, 1.82) is 0 Å². The van der Waals surface area contributed by atoms with Crippen LogP contribution in [-0.2, 0) is 17.9 Å². The minimum absolute atomic E-state index is 0. The molecular weight excluding hydrogens is 349 g/mol. The maximum atomic E-state index is 12.6. The molecule has 3 rings (SSSR count). The van der Waals surface area contributed by atoms with Crippen molar-refractivity contribution in [2.24, 2.45) is 5.92 Å². The van der Waals surface area contributed by atoms with Crippen LogP contribution in [0.1, 0.15) is 12.0 Å². The molecular formula is C16H23Cl2N5O. The van der Waals surface area contributed by atoms with Crippen molar-refractivity contribution < 1.29 is 4.79 Å². The van der Waals surface area contributed by atoms with Crippen LogP contribution in [0.3, 0.4) is 0 Å². The van der Waals surface area contributed by atoms with E-state index in [1.165, 1.54) is 0 Å². The van der Waals surface area contributed by atoms with E-state index in [4.69, 9.17) is 0 Å². The highest BCUT2D eigenvalue weighted by molar-refractivity contribution is 5.85. The molecule has 8 heteroatoms. The molecule has 1 aliphatic heterocycles. The van der Waals surface area contributed by atoms with Gasteiger partial charge in [0.2, 0.25) is 5.91 Å². The molecule has 132 valence electrons. The molecule has 1 fully saturated rings. The molecule has 0 saturated carbocycles. The molecule has 0 bridgehead atoms. The highest BCUT2D eigenvalue weighted by atomic mass is 35.5. The van der Waals surface area contributed by atoms with Gasteiger partial charge in [0.1, 0.15) is 6.54 Å². The van der Waals surface area contributed by atoms with Crippen molar-refractivity contribution in [2.75, 3.05) is 19.6 Å². The number of halogens is 2. The molecule has 0 aromatic carbocycles. The van der Waals surface area contributed by atoms with Crippen molar-refractivity contribution in [2.45, 2.75) is 19.5 Å². The summed E-state index contributed by atoms with van der Waals surface area (Å²) in [6, 6.07) is 5.75. The molecule has 1 atom stereocenters. The van der Waals surface area contributed by atoms with Gasteiger partial charge in [-0.2, -0.15) is 5.10 Å². The van der Waals surface area contributed by atoms with E-state index >= 15 is 0 Å². The van der Waals surface area contributed by atoms with Gasteiger partial charge in [0.05, 0.1) is 0 Å². The maximum absolute atomic E-state index is 12.6. The van der Waals surface area contributed by atoms with E-state index in [-0.39, 0.29) is 37.3 Å². The van der Waals surface area contributed by atoms with Gasteiger partial charge in [-0.15, -0.1) is 24.8 Å². The third-order valence-electron chi connectivity index (χ3n) is 3.95. The molecule has 0 aliphatic carbocycles. The Morgan fingerprint density at radius 1 is 1.33 bits per heavy atom. The van der Waals surface area contributed by atoms with E-state index in [2.05, 4.69) is 15.4 Å². The fourth-order valence-electron chi connectivity index (χ4n) is 2.78. The Hall–Kier alpha value is -1.63. The molecule has 6 nitrogen and oxygen atoms in total. The van der Waals surface area contributed by atoms with E-state index in [0.717, 1.165) is 31.6 Å². The van der Waals surface area contributed by atoms with Crippen molar-refractivity contribution in [3.8, 4) is 0 Å². The Labute approximate surface area is 154 Å². The minimum atomic E-state index is 0. The zero-order valence-corrected chi connectivity index (χ0v) is 15.0. The van der Waals surface area contributed by atoms with Crippen LogP contribution in [0.4, 0.5) is 0 Å². The van der Waals surface area contributed by atoms with Crippen LogP contribution in [0.15, 0.2) is 43.0 Å². The maximum Gasteiger partial charge on any atom is 0.244 e. The van der Waals surface area contributed by atoms with Crippen LogP contribution in [0.5, 0.6) is 0 Å². The number of hydrogen-bond donors (Lipinski definition) is 1. The highest BCUT2D eigenvalue weighted by Gasteiger charge is 2.22. The minimum Gasteiger partial charge on any atom is -0.336 e. The van der Waals surface area contributed by atoms with Gasteiger partial charge < -0.3 is 10.2 Å². The van der Waals surface area contributed by atoms with Crippen LogP contribution in [0, 0.1) is 5.92 Å². The summed E-state index contributed by atoms with van der Waals surface area (Å²) in [5.41, 5.74) is 1.06. The average molecular weight is 372 g/mol. The average Bonchev–Trinajstić information content (AvgIpc) is 3.21. The lowest BCUT2D eigenvalue weighted by atomic mass is 10.1. The molecule has 3 heterocycles. The fourth-order valence-corrected chi connectivity index (χ4v) is 2.78. The standard InChI is InChI=1S/C16H21N5O.2ClH/c22-16(13-21-8-2-6-19-21)20(12-15-4-7-18-10-15)11-14-3-1-5-17-9-14;;/h1-3,5-6,8-9,15,18H,4,7,10-13H2;2*1H. The lowest BCUT2D eigenvalue weighted by Crippen LogP contribution is -2.37. The number of hydrogen-bond acceptors (Lipinski definition) is 4. The van der Waals surface area contributed by atoms with Crippen LogP contribution >= 0.6 is 24.8 Å². The molecule has 1 amide bonds. The van der Waals surface area contributed by atoms with Gasteiger partial charge in [-0.3, -0.25) is 14.5 Å². The molecule has 1 aliphatic rings. The first kappa shape index (κ1) is 20.4. The topological polar surface area (TPSA) is 63.1 Å². The van der Waals surface area contributed by atoms with Gasteiger partial charge in [0.25, 0.3) is 0 Å². The van der Waals surface area contributed by atoms with E-state index in [9.17, 15) is 4.79 Å². The summed E-state index contributed by atoms with van der Waals surface area (Å²) in [6.07, 6.45) is 8.21. The SMILES string of the molecule is Cl.Cl.O=C(Cn1cccn1)N(Cc1cccnc1)CC1CCNC1. The van der Waals surface area contributed by atoms with E-state index < -0.39 is 0 Å². The lowest BCUT2D eigenvalue weighted by Gasteiger charge is -2.25. The molecule has 24 heavy (non-hydrogen) atoms. The van der Waals surface area contributed by atoms with Crippen molar-refractivity contribution >= 4 is 30.7 Å². The molecule has 0 spiro atoms. The largest absolute Gasteiger partial charge is 0.336 e. The van der Waals surface area contributed by atoms with Gasteiger partial charge in [0.15, 0.2) is 0 Å². The molecule has 1 unspecified atom stereocenters. The predicted molar refractivity (Wildman–Crippen MR) is 97.4 cm³/mol. The van der Waals surface area contributed by atoms with Gasteiger partial charge >= 0.3 is 0 Å². The summed E-state index contributed by atoms with van der Waals surface area (Å²) in [6.45, 7) is 3.69. The summed E-state index contributed by atoms with van der Waals surface area (Å²) in [4.78, 5) is 18.7. The van der Waals surface area contributed by atoms with Crippen LogP contribution in [0.2, 0.25) is 0 Å². The molecule has 1 saturated heterocycles. The van der Waals surface area contributed by atoms with Crippen molar-refractivity contribution in [3.63, 3.8) is 0 Å². The number of nitrogens with zero attached hydrogens (tertiary/aromatic N) is 4. The zero-order chi connectivity index (χ0) is 15.2. The highest BCUT2D eigenvalue weighted by Crippen LogP contribution is 2.13. The number of nitrogens with one attached hydrogen (secondary N) is 1. The summed E-state index contributed by atoms with van der Waals surface area (Å²) >= 11 is 0. The number of pyridine rings is 1. The first-order valence-corrected chi connectivity index (χ1v) is 7.66. The van der Waals surface area contributed by atoms with E-state index in [0.29, 0.717) is 12.5 Å². The fraction of sp³-hybridized carbons (Fsp3) is 0.438. The van der Waals surface area contributed by atoms with Gasteiger partial charge in [-0.05, 0) is 43.1 Å². The Morgan fingerprint density at radius 2 is 2.21 bits per heavy atom. The quantitative estimate of drug-likeness (QED) is 0.840. The number of carbonyl (C=O) groups excluding carboxylic acids is 1. The molecule has 2 aromatic heterocycles. The van der Waals surface area contributed by atoms with Crippen LogP contribution < -0.4 is 5.32 Å². The van der Waals surface area contributed by atoms with Crippen molar-refractivity contribution in [3.05, 3.63) is 48.5 Å². The van der Waals surface area contributed by atoms with Crippen molar-refractivity contribution in [1.82, 2.24) is 25.0 Å². The van der Waals surface area contributed by atoms with Gasteiger partial charge in [0, 0.05) is 37.9 Å². The monoisotopic (exact) mass is 371 g/mol. The third kappa shape index (κ3) is 5.78. The lowest BCUT2D eigenvalue weighted by molar-refractivity contribution is -0.133. The summed E-state index contributed by atoms with van der Waals surface area (Å²) in [5.74, 6) is 0.623. The summed E-state index contributed by atoms with van der Waals surface area (Å²) < 4.78 is 1.67. The Bertz CT molecular complexity index is 588. The Balaban J connectivity index is 0.00000144. The summed E-state index contributed by atoms with van der Waals surface area (Å²) in [7, 11) is 0. The second-order valence-corrected chi connectivity index (χ2v) is 5.70. The molecule has 2 aromatic rings. The summed E-state index contributed by atoms with van der Waals surface area (Å²) in [5, 5.41) is 7.48. The number of amides is 1.